The van der Waals surface area contributed by atoms with E-state index in [1.54, 1.807) is 12.4 Å². The summed E-state index contributed by atoms with van der Waals surface area (Å²) in [6.45, 7) is 0. The molecule has 4 nitrogen and oxygen atoms in total. The van der Waals surface area contributed by atoms with Crippen molar-refractivity contribution in [1.29, 1.82) is 0 Å². The number of amides is 1. The summed E-state index contributed by atoms with van der Waals surface area (Å²) in [5, 5.41) is 3.55. The second kappa shape index (κ2) is 5.44. The summed E-state index contributed by atoms with van der Waals surface area (Å²) in [5.41, 5.74) is 2.79. The van der Waals surface area contributed by atoms with E-state index in [4.69, 9.17) is 0 Å². The van der Waals surface area contributed by atoms with Crippen LogP contribution in [-0.4, -0.2) is 21.8 Å². The van der Waals surface area contributed by atoms with Gasteiger partial charge in [-0.2, -0.15) is 0 Å². The second-order valence-corrected chi connectivity index (χ2v) is 6.02. The number of pyridine rings is 1. The molecule has 0 spiro atoms. The van der Waals surface area contributed by atoms with Gasteiger partial charge in [0.25, 0.3) is 5.91 Å². The monoisotopic (exact) mass is 293 g/mol. The summed E-state index contributed by atoms with van der Waals surface area (Å²) >= 11 is 0. The highest BCUT2D eigenvalue weighted by molar-refractivity contribution is 6.01. The highest BCUT2D eigenvalue weighted by Crippen LogP contribution is 2.38. The van der Waals surface area contributed by atoms with Crippen molar-refractivity contribution in [2.24, 2.45) is 0 Å². The highest BCUT2D eigenvalue weighted by Gasteiger charge is 2.38. The smallest absolute Gasteiger partial charge is 0.258 e. The van der Waals surface area contributed by atoms with E-state index < -0.39 is 0 Å². The quantitative estimate of drug-likeness (QED) is 0.920. The maximum Gasteiger partial charge on any atom is 0.258 e. The third kappa shape index (κ3) is 2.15. The van der Waals surface area contributed by atoms with Crippen molar-refractivity contribution in [2.75, 3.05) is 5.32 Å². The third-order valence-electron chi connectivity index (χ3n) is 4.70. The fourth-order valence-corrected chi connectivity index (χ4v) is 3.62. The van der Waals surface area contributed by atoms with Gasteiger partial charge in [0.1, 0.15) is 6.17 Å². The van der Waals surface area contributed by atoms with E-state index in [2.05, 4.69) is 10.3 Å². The van der Waals surface area contributed by atoms with Crippen LogP contribution < -0.4 is 5.32 Å². The van der Waals surface area contributed by atoms with Crippen LogP contribution in [0.5, 0.6) is 0 Å². The van der Waals surface area contributed by atoms with E-state index in [9.17, 15) is 4.79 Å². The first-order valence-electron chi connectivity index (χ1n) is 7.93. The van der Waals surface area contributed by atoms with Gasteiger partial charge in [0.15, 0.2) is 0 Å². The third-order valence-corrected chi connectivity index (χ3v) is 4.70. The fraction of sp³-hybridized carbons (Fsp3) is 0.333. The fourth-order valence-electron chi connectivity index (χ4n) is 3.62. The molecular weight excluding hydrogens is 274 g/mol. The van der Waals surface area contributed by atoms with Crippen LogP contribution in [0.1, 0.15) is 47.8 Å². The van der Waals surface area contributed by atoms with Crippen LogP contribution in [0.3, 0.4) is 0 Å². The average Bonchev–Trinajstić information content (AvgIpc) is 3.10. The molecule has 2 aliphatic rings. The number of hydrogen-bond acceptors (Lipinski definition) is 3. The number of nitrogens with zero attached hydrogens (tertiary/aromatic N) is 2. The van der Waals surface area contributed by atoms with Crippen molar-refractivity contribution >= 4 is 11.6 Å². The number of nitrogens with one attached hydrogen (secondary N) is 1. The summed E-state index contributed by atoms with van der Waals surface area (Å²) < 4.78 is 0. The molecule has 1 aliphatic heterocycles. The Labute approximate surface area is 130 Å². The first-order chi connectivity index (χ1) is 10.8. The molecule has 2 heterocycles. The van der Waals surface area contributed by atoms with Gasteiger partial charge in [0, 0.05) is 24.1 Å². The van der Waals surface area contributed by atoms with Crippen LogP contribution in [-0.2, 0) is 0 Å². The lowest BCUT2D eigenvalue weighted by molar-refractivity contribution is 0.0585. The Balaban J connectivity index is 1.79. The van der Waals surface area contributed by atoms with Crippen molar-refractivity contribution in [3.8, 4) is 0 Å². The number of rotatable bonds is 2. The molecule has 2 aromatic rings. The predicted octanol–water partition coefficient (Wildman–Crippen LogP) is 3.59. The zero-order valence-corrected chi connectivity index (χ0v) is 12.4. The molecule has 1 fully saturated rings. The summed E-state index contributed by atoms with van der Waals surface area (Å²) in [6.07, 6.45) is 8.07. The van der Waals surface area contributed by atoms with Gasteiger partial charge in [-0.1, -0.05) is 25.0 Å². The number of para-hydroxylation sites is 1. The Morgan fingerprint density at radius 3 is 2.55 bits per heavy atom. The van der Waals surface area contributed by atoms with Crippen LogP contribution in [0.4, 0.5) is 5.69 Å². The number of fused-ring (bicyclic) bond motifs is 1. The van der Waals surface area contributed by atoms with E-state index >= 15 is 0 Å². The van der Waals surface area contributed by atoms with Crippen LogP contribution in [0.25, 0.3) is 0 Å². The summed E-state index contributed by atoms with van der Waals surface area (Å²) in [7, 11) is 0. The van der Waals surface area contributed by atoms with Crippen LogP contribution in [0.15, 0.2) is 48.8 Å². The summed E-state index contributed by atoms with van der Waals surface area (Å²) in [4.78, 5) is 19.2. The normalized spacial score (nSPS) is 21.5. The minimum absolute atomic E-state index is 0.103. The zero-order chi connectivity index (χ0) is 14.9. The first-order valence-corrected chi connectivity index (χ1v) is 7.93. The molecule has 1 aliphatic carbocycles. The maximum absolute atomic E-state index is 13.1. The van der Waals surface area contributed by atoms with Gasteiger partial charge in [-0.3, -0.25) is 9.78 Å². The maximum atomic E-state index is 13.1. The lowest BCUT2D eigenvalue weighted by Crippen LogP contribution is -2.47. The summed E-state index contributed by atoms with van der Waals surface area (Å²) in [6, 6.07) is 12.1. The number of benzene rings is 1. The molecule has 22 heavy (non-hydrogen) atoms. The first kappa shape index (κ1) is 13.3. The van der Waals surface area contributed by atoms with Crippen LogP contribution in [0.2, 0.25) is 0 Å². The minimum Gasteiger partial charge on any atom is -0.361 e. The van der Waals surface area contributed by atoms with Crippen LogP contribution in [0, 0.1) is 0 Å². The number of anilines is 1. The topological polar surface area (TPSA) is 45.2 Å². The number of hydrogen-bond donors (Lipinski definition) is 1. The zero-order valence-electron chi connectivity index (χ0n) is 12.4. The Hall–Kier alpha value is -2.36. The molecule has 1 atom stereocenters. The molecule has 1 aromatic heterocycles. The SMILES string of the molecule is O=C1c2ccccc2NC(c2ccncc2)N1C1CCCC1. The molecule has 1 amide bonds. The lowest BCUT2D eigenvalue weighted by atomic mass is 10.0. The van der Waals surface area contributed by atoms with Crippen molar-refractivity contribution < 1.29 is 4.79 Å². The van der Waals surface area contributed by atoms with Gasteiger partial charge in [-0.25, -0.2) is 0 Å². The molecule has 4 heteroatoms. The molecule has 1 aromatic carbocycles. The van der Waals surface area contributed by atoms with Gasteiger partial charge in [0.05, 0.1) is 5.56 Å². The second-order valence-electron chi connectivity index (χ2n) is 6.02. The molecule has 112 valence electrons. The largest absolute Gasteiger partial charge is 0.361 e. The molecule has 1 saturated carbocycles. The van der Waals surface area contributed by atoms with E-state index in [1.165, 1.54) is 12.8 Å². The van der Waals surface area contributed by atoms with Gasteiger partial charge < -0.3 is 10.2 Å². The van der Waals surface area contributed by atoms with Crippen molar-refractivity contribution in [3.63, 3.8) is 0 Å². The highest BCUT2D eigenvalue weighted by atomic mass is 16.2. The molecule has 1 unspecified atom stereocenters. The number of carbonyl (C=O) groups excluding carboxylic acids is 1. The Bertz CT molecular complexity index is 680. The predicted molar refractivity (Wildman–Crippen MR) is 85.5 cm³/mol. The van der Waals surface area contributed by atoms with E-state index in [-0.39, 0.29) is 12.1 Å². The molecule has 0 bridgehead atoms. The Morgan fingerprint density at radius 1 is 1.05 bits per heavy atom. The summed E-state index contributed by atoms with van der Waals surface area (Å²) in [5.74, 6) is 0.142. The van der Waals surface area contributed by atoms with Gasteiger partial charge >= 0.3 is 0 Å². The van der Waals surface area contributed by atoms with Crippen LogP contribution >= 0.6 is 0 Å². The standard InChI is InChI=1S/C18H19N3O/c22-18-15-7-3-4-8-16(15)20-17(13-9-11-19-12-10-13)21(18)14-5-1-2-6-14/h3-4,7-12,14,17,20H,1-2,5-6H2. The number of carbonyl (C=O) groups is 1. The van der Waals surface area contributed by atoms with E-state index in [0.29, 0.717) is 6.04 Å². The molecule has 0 saturated heterocycles. The Morgan fingerprint density at radius 2 is 1.77 bits per heavy atom. The molecule has 4 rings (SSSR count). The van der Waals surface area contributed by atoms with Gasteiger partial charge in [-0.15, -0.1) is 0 Å². The van der Waals surface area contributed by atoms with Gasteiger partial charge in [-0.05, 0) is 42.7 Å². The van der Waals surface area contributed by atoms with E-state index in [1.807, 2.05) is 41.3 Å². The van der Waals surface area contributed by atoms with Crippen molar-refractivity contribution in [2.45, 2.75) is 37.9 Å². The molecular formula is C18H19N3O. The molecule has 0 radical (unpaired) electrons. The average molecular weight is 293 g/mol. The lowest BCUT2D eigenvalue weighted by Gasteiger charge is -2.41. The molecule has 1 N–H and O–H groups in total. The van der Waals surface area contributed by atoms with Crippen molar-refractivity contribution in [3.05, 3.63) is 59.9 Å². The van der Waals surface area contributed by atoms with Crippen molar-refractivity contribution in [1.82, 2.24) is 9.88 Å². The van der Waals surface area contributed by atoms with Gasteiger partial charge in [0.2, 0.25) is 0 Å². The minimum atomic E-state index is -0.103. The van der Waals surface area contributed by atoms with E-state index in [0.717, 1.165) is 29.7 Å². The Kier molecular flexibility index (Phi) is 3.29. The number of aromatic nitrogens is 1.